The summed E-state index contributed by atoms with van der Waals surface area (Å²) < 4.78 is 23.3. The summed E-state index contributed by atoms with van der Waals surface area (Å²) in [5, 5.41) is 3.21. The second kappa shape index (κ2) is 5.30. The van der Waals surface area contributed by atoms with Crippen LogP contribution in [0.5, 0.6) is 0 Å². The topological polar surface area (TPSA) is 46.2 Å². The van der Waals surface area contributed by atoms with Crippen molar-refractivity contribution in [3.63, 3.8) is 0 Å². The Bertz CT molecular complexity index is 632. The monoisotopic (exact) mass is 301 g/mol. The van der Waals surface area contributed by atoms with Crippen molar-refractivity contribution in [3.05, 3.63) is 45.6 Å². The summed E-state index contributed by atoms with van der Waals surface area (Å²) in [7, 11) is -3.13. The Morgan fingerprint density at radius 2 is 1.83 bits per heavy atom. The Kier molecular flexibility index (Phi) is 3.94. The first-order chi connectivity index (χ1) is 8.45. The SMILES string of the molecule is CS(=O)(=O)c1ccc(NCc2ccc(Cl)s2)cc1. The van der Waals surface area contributed by atoms with Gasteiger partial charge in [0.1, 0.15) is 0 Å². The third-order valence-corrected chi connectivity index (χ3v) is 4.74. The maximum atomic E-state index is 11.3. The second-order valence-corrected chi connectivity index (χ2v) is 7.67. The Balaban J connectivity index is 2.03. The van der Waals surface area contributed by atoms with Gasteiger partial charge in [0, 0.05) is 23.4 Å². The molecule has 0 aliphatic carbocycles. The molecule has 0 unspecified atom stereocenters. The summed E-state index contributed by atoms with van der Waals surface area (Å²) in [6.45, 7) is 0.676. The average molecular weight is 302 g/mol. The zero-order valence-corrected chi connectivity index (χ0v) is 12.1. The first-order valence-electron chi connectivity index (χ1n) is 5.23. The van der Waals surface area contributed by atoms with Crippen molar-refractivity contribution >= 4 is 38.5 Å². The van der Waals surface area contributed by atoms with Crippen molar-refractivity contribution in [1.29, 1.82) is 0 Å². The zero-order valence-electron chi connectivity index (χ0n) is 9.68. The molecule has 96 valence electrons. The molecule has 1 heterocycles. The molecule has 1 aromatic carbocycles. The Morgan fingerprint density at radius 3 is 2.33 bits per heavy atom. The molecule has 2 aromatic rings. The van der Waals surface area contributed by atoms with Crippen molar-refractivity contribution in [1.82, 2.24) is 0 Å². The number of hydrogen-bond donors (Lipinski definition) is 1. The van der Waals surface area contributed by atoms with Crippen molar-refractivity contribution in [2.24, 2.45) is 0 Å². The van der Waals surface area contributed by atoms with E-state index in [0.29, 0.717) is 11.4 Å². The Labute approximate surface area is 115 Å². The lowest BCUT2D eigenvalue weighted by atomic mass is 10.3. The van der Waals surface area contributed by atoms with Crippen LogP contribution >= 0.6 is 22.9 Å². The smallest absolute Gasteiger partial charge is 0.175 e. The fraction of sp³-hybridized carbons (Fsp3) is 0.167. The molecule has 0 aliphatic rings. The van der Waals surface area contributed by atoms with Crippen LogP contribution < -0.4 is 5.32 Å². The van der Waals surface area contributed by atoms with Crippen molar-refractivity contribution in [3.8, 4) is 0 Å². The van der Waals surface area contributed by atoms with Crippen LogP contribution in [0, 0.1) is 0 Å². The van der Waals surface area contributed by atoms with Crippen LogP contribution in [0.2, 0.25) is 4.34 Å². The Hall–Kier alpha value is -1.04. The van der Waals surface area contributed by atoms with E-state index in [2.05, 4.69) is 5.32 Å². The van der Waals surface area contributed by atoms with Crippen molar-refractivity contribution in [2.45, 2.75) is 11.4 Å². The predicted octanol–water partition coefficient (Wildman–Crippen LogP) is 3.42. The average Bonchev–Trinajstić information content (AvgIpc) is 2.72. The van der Waals surface area contributed by atoms with Gasteiger partial charge in [0.15, 0.2) is 9.84 Å². The van der Waals surface area contributed by atoms with Gasteiger partial charge in [0.25, 0.3) is 0 Å². The number of rotatable bonds is 4. The minimum atomic E-state index is -3.13. The molecule has 6 heteroatoms. The van der Waals surface area contributed by atoms with E-state index in [4.69, 9.17) is 11.6 Å². The lowest BCUT2D eigenvalue weighted by Crippen LogP contribution is -1.99. The molecule has 0 saturated carbocycles. The van der Waals surface area contributed by atoms with E-state index in [1.165, 1.54) is 17.6 Å². The molecule has 0 aliphatic heterocycles. The molecule has 0 bridgehead atoms. The summed E-state index contributed by atoms with van der Waals surface area (Å²) in [6, 6.07) is 10.5. The van der Waals surface area contributed by atoms with E-state index in [9.17, 15) is 8.42 Å². The first-order valence-corrected chi connectivity index (χ1v) is 8.32. The normalized spacial score (nSPS) is 11.4. The summed E-state index contributed by atoms with van der Waals surface area (Å²) in [5.41, 5.74) is 0.881. The molecule has 18 heavy (non-hydrogen) atoms. The number of halogens is 1. The highest BCUT2D eigenvalue weighted by Crippen LogP contribution is 2.22. The maximum absolute atomic E-state index is 11.3. The van der Waals surface area contributed by atoms with Gasteiger partial charge < -0.3 is 5.32 Å². The van der Waals surface area contributed by atoms with Crippen LogP contribution in [0.4, 0.5) is 5.69 Å². The van der Waals surface area contributed by atoms with Gasteiger partial charge in [0.2, 0.25) is 0 Å². The van der Waals surface area contributed by atoms with E-state index in [-0.39, 0.29) is 0 Å². The van der Waals surface area contributed by atoms with Gasteiger partial charge >= 0.3 is 0 Å². The summed E-state index contributed by atoms with van der Waals surface area (Å²) >= 11 is 7.36. The van der Waals surface area contributed by atoms with Gasteiger partial charge in [-0.3, -0.25) is 0 Å². The van der Waals surface area contributed by atoms with Gasteiger partial charge in [0.05, 0.1) is 9.23 Å². The highest BCUT2D eigenvalue weighted by molar-refractivity contribution is 7.90. The molecule has 0 fully saturated rings. The fourth-order valence-electron chi connectivity index (χ4n) is 1.46. The number of hydrogen-bond acceptors (Lipinski definition) is 4. The first kappa shape index (κ1) is 13.4. The molecule has 0 atom stereocenters. The summed E-state index contributed by atoms with van der Waals surface area (Å²) in [6.07, 6.45) is 1.20. The molecule has 3 nitrogen and oxygen atoms in total. The summed E-state index contributed by atoms with van der Waals surface area (Å²) in [4.78, 5) is 1.46. The fourth-order valence-corrected chi connectivity index (χ4v) is 3.11. The number of sulfone groups is 1. The second-order valence-electron chi connectivity index (χ2n) is 3.86. The van der Waals surface area contributed by atoms with E-state index in [1.807, 2.05) is 12.1 Å². The van der Waals surface area contributed by atoms with Gasteiger partial charge in [-0.1, -0.05) is 11.6 Å². The van der Waals surface area contributed by atoms with Crippen molar-refractivity contribution < 1.29 is 8.42 Å². The minimum absolute atomic E-state index is 0.326. The van der Waals surface area contributed by atoms with Gasteiger partial charge in [-0.2, -0.15) is 0 Å². The van der Waals surface area contributed by atoms with Crippen LogP contribution in [-0.2, 0) is 16.4 Å². The summed E-state index contributed by atoms with van der Waals surface area (Å²) in [5.74, 6) is 0. The largest absolute Gasteiger partial charge is 0.380 e. The van der Waals surface area contributed by atoms with Crippen LogP contribution in [0.25, 0.3) is 0 Å². The molecular weight excluding hydrogens is 290 g/mol. The third-order valence-electron chi connectivity index (χ3n) is 2.38. The molecule has 0 radical (unpaired) electrons. The standard InChI is InChI=1S/C12H12ClNO2S2/c1-18(15,16)11-5-2-9(3-6-11)14-8-10-4-7-12(13)17-10/h2-7,14H,8H2,1H3. The van der Waals surface area contributed by atoms with E-state index in [1.54, 1.807) is 24.3 Å². The van der Waals surface area contributed by atoms with Crippen LogP contribution in [0.1, 0.15) is 4.88 Å². The van der Waals surface area contributed by atoms with Crippen molar-refractivity contribution in [2.75, 3.05) is 11.6 Å². The lowest BCUT2D eigenvalue weighted by molar-refractivity contribution is 0.602. The number of thiophene rings is 1. The van der Waals surface area contributed by atoms with Crippen LogP contribution in [-0.4, -0.2) is 14.7 Å². The minimum Gasteiger partial charge on any atom is -0.380 e. The molecule has 2 rings (SSSR count). The number of anilines is 1. The zero-order chi connectivity index (χ0) is 13.2. The number of nitrogens with one attached hydrogen (secondary N) is 1. The molecule has 0 spiro atoms. The predicted molar refractivity (Wildman–Crippen MR) is 76.2 cm³/mol. The molecular formula is C12H12ClNO2S2. The highest BCUT2D eigenvalue weighted by atomic mass is 35.5. The van der Waals surface area contributed by atoms with E-state index in [0.717, 1.165) is 14.9 Å². The Morgan fingerprint density at radius 1 is 1.17 bits per heavy atom. The van der Waals surface area contributed by atoms with Gasteiger partial charge in [-0.15, -0.1) is 11.3 Å². The molecule has 0 saturated heterocycles. The third kappa shape index (κ3) is 3.48. The molecule has 1 aromatic heterocycles. The van der Waals surface area contributed by atoms with Crippen LogP contribution in [0.15, 0.2) is 41.3 Å². The van der Waals surface area contributed by atoms with E-state index >= 15 is 0 Å². The lowest BCUT2D eigenvalue weighted by Gasteiger charge is -2.05. The van der Waals surface area contributed by atoms with E-state index < -0.39 is 9.84 Å². The number of benzene rings is 1. The molecule has 0 amide bonds. The van der Waals surface area contributed by atoms with Gasteiger partial charge in [-0.05, 0) is 36.4 Å². The quantitative estimate of drug-likeness (QED) is 0.941. The van der Waals surface area contributed by atoms with Gasteiger partial charge in [-0.25, -0.2) is 8.42 Å². The maximum Gasteiger partial charge on any atom is 0.175 e. The molecule has 1 N–H and O–H groups in total. The van der Waals surface area contributed by atoms with Crippen LogP contribution in [0.3, 0.4) is 0 Å². The highest BCUT2D eigenvalue weighted by Gasteiger charge is 2.06.